The van der Waals surface area contributed by atoms with E-state index in [1.807, 2.05) is 67.6 Å². The van der Waals surface area contributed by atoms with E-state index < -0.39 is 6.36 Å². The molecule has 41 heavy (non-hydrogen) atoms. The van der Waals surface area contributed by atoms with Gasteiger partial charge in [-0.1, -0.05) is 48.0 Å². The summed E-state index contributed by atoms with van der Waals surface area (Å²) in [6.07, 6.45) is -4.80. The third-order valence-corrected chi connectivity index (χ3v) is 8.23. The zero-order chi connectivity index (χ0) is 29.1. The Hall–Kier alpha value is -5.61. The van der Waals surface area contributed by atoms with Gasteiger partial charge in [0.1, 0.15) is 41.2 Å². The van der Waals surface area contributed by atoms with Crippen molar-refractivity contribution in [1.29, 1.82) is 21.0 Å². The number of halogens is 3. The number of hydrogen-bond acceptors (Lipinski definition) is 6. The van der Waals surface area contributed by atoms with E-state index >= 15 is 0 Å². The Balaban J connectivity index is 1.59. The lowest BCUT2D eigenvalue weighted by molar-refractivity contribution is -0.274. The summed E-state index contributed by atoms with van der Waals surface area (Å²) in [4.78, 5) is 1.42. The van der Waals surface area contributed by atoms with Crippen LogP contribution in [0.4, 0.5) is 13.2 Å². The minimum Gasteiger partial charge on any atom is -0.406 e. The molecule has 4 aromatic rings. The van der Waals surface area contributed by atoms with Gasteiger partial charge in [-0.3, -0.25) is 0 Å². The summed E-state index contributed by atoms with van der Waals surface area (Å²) in [5.74, 6) is -0.344. The minimum atomic E-state index is -4.80. The molecule has 0 aliphatic heterocycles. The first kappa shape index (κ1) is 25.7. The molecule has 0 atom stereocenters. The van der Waals surface area contributed by atoms with Crippen LogP contribution in [-0.2, 0) is 0 Å². The van der Waals surface area contributed by atoms with Gasteiger partial charge >= 0.3 is 6.36 Å². The number of allylic oxidation sites excluding steroid dienone is 2. The number of nitrogens with zero attached hydrogens (tertiary/aromatic N) is 4. The molecule has 2 aliphatic carbocycles. The lowest BCUT2D eigenvalue weighted by atomic mass is 9.95. The lowest BCUT2D eigenvalue weighted by Gasteiger charge is -2.11. The Labute approximate surface area is 236 Å². The SMILES string of the molecule is Cc1ccc2c(c1)C(=C(C#N)C#N)c1sc3c(c1-2)-c1ccc(-c2ccc(OC(F)(F)F)cc2)cc1C3=C(C#N)C#N. The summed E-state index contributed by atoms with van der Waals surface area (Å²) in [5.41, 5.74) is 7.85. The van der Waals surface area contributed by atoms with Crippen molar-refractivity contribution >= 4 is 22.5 Å². The van der Waals surface area contributed by atoms with Gasteiger partial charge in [-0.2, -0.15) is 21.0 Å². The van der Waals surface area contributed by atoms with Gasteiger partial charge in [-0.05, 0) is 58.5 Å². The smallest absolute Gasteiger partial charge is 0.406 e. The molecule has 0 saturated heterocycles. The van der Waals surface area contributed by atoms with Gasteiger partial charge in [0.15, 0.2) is 0 Å². The summed E-state index contributed by atoms with van der Waals surface area (Å²) in [7, 11) is 0. The van der Waals surface area contributed by atoms with E-state index in [2.05, 4.69) is 4.74 Å². The number of ether oxygens (including phenoxy) is 1. The highest BCUT2D eigenvalue weighted by Gasteiger charge is 2.39. The van der Waals surface area contributed by atoms with Crippen LogP contribution in [0.25, 0.3) is 44.5 Å². The van der Waals surface area contributed by atoms with Crippen LogP contribution in [0.5, 0.6) is 5.75 Å². The molecule has 0 fully saturated rings. The van der Waals surface area contributed by atoms with Crippen molar-refractivity contribution in [2.24, 2.45) is 0 Å². The number of fused-ring (bicyclic) bond motifs is 7. The van der Waals surface area contributed by atoms with Crippen LogP contribution in [0.1, 0.15) is 26.4 Å². The zero-order valence-corrected chi connectivity index (χ0v) is 21.8. The van der Waals surface area contributed by atoms with Crippen molar-refractivity contribution in [3.05, 3.63) is 98.3 Å². The molecule has 0 amide bonds. The standard InChI is InChI=1S/C32H13F3N4OS/c1-16-2-8-22-24(10-16)26(19(12-36)13-37)30-28(22)29-23-9-5-18(17-3-6-21(7-4-17)40-32(33,34)35)11-25(23)27(31(29)41-30)20(14-38)15-39/h2-11H,1H3. The molecule has 1 aromatic heterocycles. The number of thiophene rings is 1. The van der Waals surface area contributed by atoms with Crippen LogP contribution >= 0.6 is 11.3 Å². The molecule has 1 heterocycles. The lowest BCUT2D eigenvalue weighted by Crippen LogP contribution is -2.16. The van der Waals surface area contributed by atoms with Gasteiger partial charge in [0.2, 0.25) is 0 Å². The largest absolute Gasteiger partial charge is 0.573 e. The van der Waals surface area contributed by atoms with Crippen LogP contribution in [0, 0.1) is 52.2 Å². The summed E-state index contributed by atoms with van der Waals surface area (Å²) >= 11 is 1.33. The fraction of sp³-hybridized carbons (Fsp3) is 0.0625. The third-order valence-electron chi connectivity index (χ3n) is 7.00. The highest BCUT2D eigenvalue weighted by Crippen LogP contribution is 2.61. The maximum absolute atomic E-state index is 12.6. The van der Waals surface area contributed by atoms with E-state index in [1.54, 1.807) is 0 Å². The van der Waals surface area contributed by atoms with E-state index in [-0.39, 0.29) is 16.9 Å². The summed E-state index contributed by atoms with van der Waals surface area (Å²) < 4.78 is 41.8. The zero-order valence-electron chi connectivity index (χ0n) is 21.0. The molecule has 9 heteroatoms. The molecule has 0 spiro atoms. The molecule has 3 aromatic carbocycles. The van der Waals surface area contributed by atoms with E-state index in [1.165, 1.54) is 35.6 Å². The number of aryl methyl sites for hydroxylation is 1. The van der Waals surface area contributed by atoms with Crippen LogP contribution in [-0.4, -0.2) is 6.36 Å². The van der Waals surface area contributed by atoms with Gasteiger partial charge in [0.05, 0.1) is 0 Å². The molecule has 2 aliphatic rings. The van der Waals surface area contributed by atoms with Gasteiger partial charge in [-0.15, -0.1) is 24.5 Å². The fourth-order valence-electron chi connectivity index (χ4n) is 5.39. The molecule has 0 unspecified atom stereocenters. The molecule has 0 saturated carbocycles. The molecule has 0 N–H and O–H groups in total. The van der Waals surface area contributed by atoms with E-state index in [4.69, 9.17) is 0 Å². The summed E-state index contributed by atoms with van der Waals surface area (Å²) in [6.45, 7) is 1.93. The van der Waals surface area contributed by atoms with Crippen molar-refractivity contribution in [2.75, 3.05) is 0 Å². The van der Waals surface area contributed by atoms with Crippen molar-refractivity contribution < 1.29 is 17.9 Å². The maximum atomic E-state index is 12.6. The Bertz CT molecular complexity index is 2020. The average Bonchev–Trinajstić information content (AvgIpc) is 3.56. The van der Waals surface area contributed by atoms with E-state index in [9.17, 15) is 34.2 Å². The van der Waals surface area contributed by atoms with Gasteiger partial charge in [0.25, 0.3) is 0 Å². The summed E-state index contributed by atoms with van der Waals surface area (Å²) in [5, 5.41) is 39.3. The quantitative estimate of drug-likeness (QED) is 0.199. The van der Waals surface area contributed by atoms with Crippen LogP contribution in [0.15, 0.2) is 71.8 Å². The monoisotopic (exact) mass is 558 g/mol. The maximum Gasteiger partial charge on any atom is 0.573 e. The Morgan fingerprint density at radius 2 is 1.15 bits per heavy atom. The topological polar surface area (TPSA) is 104 Å². The molecule has 6 rings (SSSR count). The normalized spacial score (nSPS) is 12.2. The van der Waals surface area contributed by atoms with Gasteiger partial charge in [0, 0.05) is 32.0 Å². The van der Waals surface area contributed by atoms with Crippen molar-refractivity contribution in [3.8, 4) is 63.4 Å². The number of benzene rings is 3. The van der Waals surface area contributed by atoms with Crippen molar-refractivity contribution in [1.82, 2.24) is 0 Å². The fourth-order valence-corrected chi connectivity index (χ4v) is 6.85. The minimum absolute atomic E-state index is 0.0182. The first-order valence-corrected chi connectivity index (χ1v) is 12.9. The van der Waals surface area contributed by atoms with Gasteiger partial charge < -0.3 is 4.74 Å². The summed E-state index contributed by atoms with van der Waals surface area (Å²) in [6, 6.07) is 24.8. The Kier molecular flexibility index (Phi) is 5.79. The number of rotatable bonds is 2. The Morgan fingerprint density at radius 3 is 1.66 bits per heavy atom. The number of hydrogen-bond donors (Lipinski definition) is 0. The second-order valence-corrected chi connectivity index (χ2v) is 10.4. The first-order chi connectivity index (χ1) is 19.7. The second kappa shape index (κ2) is 9.25. The highest BCUT2D eigenvalue weighted by molar-refractivity contribution is 7.16. The first-order valence-electron chi connectivity index (χ1n) is 12.1. The molecule has 5 nitrogen and oxygen atoms in total. The molecular formula is C32H13F3N4OS. The van der Waals surface area contributed by atoms with Crippen molar-refractivity contribution in [3.63, 3.8) is 0 Å². The van der Waals surface area contributed by atoms with Crippen molar-refractivity contribution in [2.45, 2.75) is 13.3 Å². The third kappa shape index (κ3) is 3.97. The number of nitriles is 4. The van der Waals surface area contributed by atoms with Crippen LogP contribution in [0.2, 0.25) is 0 Å². The van der Waals surface area contributed by atoms with Gasteiger partial charge in [-0.25, -0.2) is 0 Å². The predicted molar refractivity (Wildman–Crippen MR) is 147 cm³/mol. The highest BCUT2D eigenvalue weighted by atomic mass is 32.1. The molecule has 0 radical (unpaired) electrons. The molecule has 0 bridgehead atoms. The second-order valence-electron chi connectivity index (χ2n) is 9.34. The Morgan fingerprint density at radius 1 is 0.659 bits per heavy atom. The molecule has 194 valence electrons. The van der Waals surface area contributed by atoms with E-state index in [0.29, 0.717) is 32.7 Å². The van der Waals surface area contributed by atoms with E-state index in [0.717, 1.165) is 38.3 Å². The number of alkyl halides is 3. The van der Waals surface area contributed by atoms with Crippen LogP contribution in [0.3, 0.4) is 0 Å². The van der Waals surface area contributed by atoms with Crippen LogP contribution < -0.4 is 4.74 Å². The average molecular weight is 559 g/mol. The molecular weight excluding hydrogens is 545 g/mol. The predicted octanol–water partition coefficient (Wildman–Crippen LogP) is 8.28.